The van der Waals surface area contributed by atoms with Crippen molar-refractivity contribution < 1.29 is 28.2 Å². The van der Waals surface area contributed by atoms with Gasteiger partial charge in [-0.1, -0.05) is 30.3 Å². The molecule has 1 fully saturated rings. The number of amides is 1. The van der Waals surface area contributed by atoms with Gasteiger partial charge in [-0.25, -0.2) is 9.18 Å². The van der Waals surface area contributed by atoms with E-state index in [-0.39, 0.29) is 24.0 Å². The molecule has 0 saturated carbocycles. The molecule has 1 aliphatic rings. The summed E-state index contributed by atoms with van der Waals surface area (Å²) in [6, 6.07) is 17.2. The van der Waals surface area contributed by atoms with E-state index in [9.17, 15) is 23.9 Å². The van der Waals surface area contributed by atoms with Gasteiger partial charge in [0.15, 0.2) is 6.29 Å². The van der Waals surface area contributed by atoms with Crippen molar-refractivity contribution in [3.63, 3.8) is 0 Å². The van der Waals surface area contributed by atoms with Crippen LogP contribution in [0.2, 0.25) is 0 Å². The lowest BCUT2D eigenvalue weighted by atomic mass is 9.96. The topological polar surface area (TPSA) is 123 Å². The van der Waals surface area contributed by atoms with E-state index in [1.54, 1.807) is 18.2 Å². The van der Waals surface area contributed by atoms with Crippen molar-refractivity contribution >= 4 is 23.2 Å². The fraction of sp³-hybridized carbons (Fsp3) is 0.303. The number of nitrogens with two attached hydrogens (primary N) is 1. The lowest BCUT2D eigenvalue weighted by Crippen LogP contribution is -2.43. The number of likely N-dealkylation sites (tertiary alicyclic amines) is 1. The second kappa shape index (κ2) is 12.7. The standard InChI is InChI=1S/C33H33FN2O6/c1-20-28-9-8-27(41-19-26(38)17-36-12-10-23(11-13-36)32(35)39)16-31(28)42-33(40)29(20)14-21-2-4-22(5-3-21)24-6-7-25(18-37)30(34)15-24/h2-9,15-16,18,23,26,38H,10-14,17,19H2,1H3,(H2,35,39). The first-order valence-corrected chi connectivity index (χ1v) is 13.9. The zero-order valence-corrected chi connectivity index (χ0v) is 23.3. The van der Waals surface area contributed by atoms with Crippen LogP contribution in [0.1, 0.15) is 39.9 Å². The third-order valence-corrected chi connectivity index (χ3v) is 7.96. The summed E-state index contributed by atoms with van der Waals surface area (Å²) in [5.74, 6) is -0.453. The minimum absolute atomic E-state index is 0.0140. The molecule has 1 aliphatic heterocycles. The molecule has 3 N–H and O–H groups in total. The summed E-state index contributed by atoms with van der Waals surface area (Å²) < 4.78 is 25.5. The largest absolute Gasteiger partial charge is 0.491 e. The number of hydrogen-bond acceptors (Lipinski definition) is 7. The molecule has 1 saturated heterocycles. The van der Waals surface area contributed by atoms with Gasteiger partial charge in [0.1, 0.15) is 29.9 Å². The molecule has 1 atom stereocenters. The summed E-state index contributed by atoms with van der Waals surface area (Å²) >= 11 is 0. The summed E-state index contributed by atoms with van der Waals surface area (Å²) in [4.78, 5) is 37.3. The Bertz CT molecular complexity index is 1660. The molecule has 1 unspecified atom stereocenters. The Hall–Kier alpha value is -4.34. The van der Waals surface area contributed by atoms with Crippen LogP contribution in [-0.2, 0) is 11.2 Å². The minimum atomic E-state index is -0.719. The van der Waals surface area contributed by atoms with Crippen LogP contribution in [0.4, 0.5) is 4.39 Å². The van der Waals surface area contributed by atoms with E-state index in [1.165, 1.54) is 12.1 Å². The number of halogens is 1. The third kappa shape index (κ3) is 6.58. The van der Waals surface area contributed by atoms with E-state index in [0.29, 0.717) is 67.6 Å². The van der Waals surface area contributed by atoms with Crippen molar-refractivity contribution in [2.24, 2.45) is 11.7 Å². The number of β-amino-alcohol motifs (C(OH)–C–C–N with tert-alkyl or cyclic N) is 1. The Balaban J connectivity index is 1.23. The number of piperidine rings is 1. The summed E-state index contributed by atoms with van der Waals surface area (Å²) in [6.07, 6.45) is 1.52. The Labute approximate surface area is 242 Å². The summed E-state index contributed by atoms with van der Waals surface area (Å²) in [7, 11) is 0. The smallest absolute Gasteiger partial charge is 0.340 e. The van der Waals surface area contributed by atoms with Gasteiger partial charge in [-0.2, -0.15) is 0 Å². The second-order valence-corrected chi connectivity index (χ2v) is 10.8. The molecule has 4 aromatic rings. The van der Waals surface area contributed by atoms with Crippen molar-refractivity contribution in [1.82, 2.24) is 4.90 Å². The predicted molar refractivity (Wildman–Crippen MR) is 157 cm³/mol. The maximum atomic E-state index is 14.0. The van der Waals surface area contributed by atoms with Crippen LogP contribution in [0.15, 0.2) is 69.9 Å². The molecule has 3 aromatic carbocycles. The normalized spacial score (nSPS) is 15.0. The molecule has 9 heteroatoms. The van der Waals surface area contributed by atoms with E-state index in [4.69, 9.17) is 14.9 Å². The predicted octanol–water partition coefficient (Wildman–Crippen LogP) is 4.25. The number of rotatable bonds is 10. The SMILES string of the molecule is Cc1c(Cc2ccc(-c3ccc(C=O)c(F)c3)cc2)c(=O)oc2cc(OCC(O)CN3CCC(C(N)=O)CC3)ccc12. The van der Waals surface area contributed by atoms with Crippen LogP contribution in [0.3, 0.4) is 0 Å². The fourth-order valence-corrected chi connectivity index (χ4v) is 5.43. The molecule has 218 valence electrons. The van der Waals surface area contributed by atoms with Gasteiger partial charge in [-0.15, -0.1) is 0 Å². The first kappa shape index (κ1) is 29.2. The lowest BCUT2D eigenvalue weighted by Gasteiger charge is -2.31. The van der Waals surface area contributed by atoms with Crippen LogP contribution in [0.5, 0.6) is 5.75 Å². The average molecular weight is 573 g/mol. The van der Waals surface area contributed by atoms with Crippen molar-refractivity contribution in [1.29, 1.82) is 0 Å². The maximum absolute atomic E-state index is 14.0. The molecule has 8 nitrogen and oxygen atoms in total. The van der Waals surface area contributed by atoms with E-state index in [2.05, 4.69) is 4.90 Å². The van der Waals surface area contributed by atoms with Gasteiger partial charge in [-0.3, -0.25) is 9.59 Å². The number of carbonyl (C=O) groups is 2. The number of aldehydes is 1. The zero-order chi connectivity index (χ0) is 29.8. The molecule has 5 rings (SSSR count). The summed E-state index contributed by atoms with van der Waals surface area (Å²) in [5, 5.41) is 11.3. The minimum Gasteiger partial charge on any atom is -0.491 e. The van der Waals surface area contributed by atoms with Crippen LogP contribution in [-0.4, -0.2) is 54.5 Å². The molecule has 0 spiro atoms. The molecule has 0 radical (unpaired) electrons. The van der Waals surface area contributed by atoms with Crippen molar-refractivity contribution in [3.05, 3.63) is 99.2 Å². The first-order valence-electron chi connectivity index (χ1n) is 13.9. The number of nitrogens with zero attached hydrogens (tertiary/aromatic N) is 1. The van der Waals surface area contributed by atoms with Gasteiger partial charge >= 0.3 is 5.63 Å². The highest BCUT2D eigenvalue weighted by Gasteiger charge is 2.24. The number of hydrogen-bond donors (Lipinski definition) is 2. The van der Waals surface area contributed by atoms with Gasteiger partial charge < -0.3 is 24.9 Å². The summed E-state index contributed by atoms with van der Waals surface area (Å²) in [6.45, 7) is 3.79. The van der Waals surface area contributed by atoms with Gasteiger partial charge in [-0.05, 0) is 79.4 Å². The number of ether oxygens (including phenoxy) is 1. The van der Waals surface area contributed by atoms with Gasteiger partial charge in [0.25, 0.3) is 0 Å². The zero-order valence-electron chi connectivity index (χ0n) is 23.3. The number of primary amides is 1. The number of aliphatic hydroxyl groups is 1. The van der Waals surface area contributed by atoms with E-state index >= 15 is 0 Å². The number of fused-ring (bicyclic) bond motifs is 1. The van der Waals surface area contributed by atoms with E-state index < -0.39 is 17.5 Å². The molecule has 0 bridgehead atoms. The quantitative estimate of drug-likeness (QED) is 0.215. The van der Waals surface area contributed by atoms with E-state index in [0.717, 1.165) is 22.1 Å². The number of aliphatic hydroxyl groups excluding tert-OH is 1. The number of carbonyl (C=O) groups excluding carboxylic acids is 2. The highest BCUT2D eigenvalue weighted by atomic mass is 19.1. The lowest BCUT2D eigenvalue weighted by molar-refractivity contribution is -0.123. The van der Waals surface area contributed by atoms with Gasteiger partial charge in [0, 0.05) is 35.9 Å². The molecule has 1 amide bonds. The molecule has 42 heavy (non-hydrogen) atoms. The van der Waals surface area contributed by atoms with Crippen molar-refractivity contribution in [2.45, 2.75) is 32.3 Å². The van der Waals surface area contributed by atoms with Crippen molar-refractivity contribution in [3.8, 4) is 16.9 Å². The van der Waals surface area contributed by atoms with Crippen LogP contribution in [0.25, 0.3) is 22.1 Å². The van der Waals surface area contributed by atoms with Gasteiger partial charge in [0.2, 0.25) is 5.91 Å². The average Bonchev–Trinajstić information content (AvgIpc) is 2.98. The highest BCUT2D eigenvalue weighted by molar-refractivity contribution is 5.82. The fourth-order valence-electron chi connectivity index (χ4n) is 5.43. The second-order valence-electron chi connectivity index (χ2n) is 10.8. The third-order valence-electron chi connectivity index (χ3n) is 7.96. The highest BCUT2D eigenvalue weighted by Crippen LogP contribution is 2.27. The molecule has 0 aliphatic carbocycles. The van der Waals surface area contributed by atoms with Crippen LogP contribution < -0.4 is 16.1 Å². The molecule has 1 aromatic heterocycles. The van der Waals surface area contributed by atoms with Crippen LogP contribution in [0, 0.1) is 18.7 Å². The maximum Gasteiger partial charge on any atom is 0.340 e. The van der Waals surface area contributed by atoms with Gasteiger partial charge in [0.05, 0.1) is 5.56 Å². The Kier molecular flexibility index (Phi) is 8.80. The molecular formula is C33H33FN2O6. The molecular weight excluding hydrogens is 539 g/mol. The van der Waals surface area contributed by atoms with E-state index in [1.807, 2.05) is 37.3 Å². The number of aryl methyl sites for hydroxylation is 1. The Morgan fingerprint density at radius 1 is 1.12 bits per heavy atom. The van der Waals surface area contributed by atoms with Crippen LogP contribution >= 0.6 is 0 Å². The number of benzene rings is 3. The Morgan fingerprint density at radius 2 is 1.83 bits per heavy atom. The first-order chi connectivity index (χ1) is 20.2. The van der Waals surface area contributed by atoms with Crippen molar-refractivity contribution in [2.75, 3.05) is 26.2 Å². The monoisotopic (exact) mass is 572 g/mol. The summed E-state index contributed by atoms with van der Waals surface area (Å²) in [5.41, 5.74) is 9.06. The molecule has 2 heterocycles. The Morgan fingerprint density at radius 3 is 2.50 bits per heavy atom.